The molecule has 2 unspecified atom stereocenters. The van der Waals surface area contributed by atoms with Crippen molar-refractivity contribution in [2.24, 2.45) is 0 Å². The minimum Gasteiger partial charge on any atom is -0.493 e. The van der Waals surface area contributed by atoms with Gasteiger partial charge in [0, 0.05) is 25.0 Å². The fourth-order valence-corrected chi connectivity index (χ4v) is 5.60. The summed E-state index contributed by atoms with van der Waals surface area (Å²) in [6.45, 7) is 0. The molecule has 0 aliphatic carbocycles. The molecule has 5 atom stereocenters. The molecule has 2 aromatic carbocycles. The number of fused-ring (bicyclic) bond motifs is 2. The van der Waals surface area contributed by atoms with Crippen molar-refractivity contribution in [1.29, 1.82) is 0 Å². The third kappa shape index (κ3) is 6.04. The van der Waals surface area contributed by atoms with Gasteiger partial charge in [-0.3, -0.25) is 4.90 Å². The summed E-state index contributed by atoms with van der Waals surface area (Å²) in [7, 11) is 10.8. The maximum absolute atomic E-state index is 13.1. The van der Waals surface area contributed by atoms with Crippen LogP contribution >= 0.6 is 0 Å². The second kappa shape index (κ2) is 13.2. The van der Waals surface area contributed by atoms with Gasteiger partial charge in [-0.15, -0.1) is 0 Å². The highest BCUT2D eigenvalue weighted by Crippen LogP contribution is 2.41. The molecular formula is C30H37NO11. The number of rotatable bonds is 11. The molecule has 0 spiro atoms. The number of piperidine rings is 1. The SMILES string of the molecule is COc1cc(/C=C/C(=O)O[C@@H]2C3C[C@@H](OC(=O)c4cc(OC)c(OC)c(OC)c4)CC([C@@H]2O)N3C)cc(OC)c1OC. The third-order valence-corrected chi connectivity index (χ3v) is 7.69. The van der Waals surface area contributed by atoms with Crippen molar-refractivity contribution in [2.75, 3.05) is 49.7 Å². The second-order valence-corrected chi connectivity index (χ2v) is 9.90. The highest BCUT2D eigenvalue weighted by atomic mass is 16.6. The minimum atomic E-state index is -0.955. The molecule has 1 N–H and O–H groups in total. The number of carbonyl (C=O) groups is 2. The Kier molecular flexibility index (Phi) is 9.69. The van der Waals surface area contributed by atoms with Crippen LogP contribution in [0.4, 0.5) is 0 Å². The highest BCUT2D eigenvalue weighted by molar-refractivity contribution is 5.91. The van der Waals surface area contributed by atoms with Crippen LogP contribution in [-0.2, 0) is 14.3 Å². The summed E-state index contributed by atoms with van der Waals surface area (Å²) >= 11 is 0. The predicted octanol–water partition coefficient (Wildman–Crippen LogP) is 2.73. The van der Waals surface area contributed by atoms with Gasteiger partial charge in [-0.1, -0.05) is 0 Å². The maximum atomic E-state index is 13.1. The summed E-state index contributed by atoms with van der Waals surface area (Å²) in [6.07, 6.45) is 1.32. The normalized spacial score (nSPS) is 23.3. The van der Waals surface area contributed by atoms with Gasteiger partial charge in [0.15, 0.2) is 23.0 Å². The van der Waals surface area contributed by atoms with E-state index >= 15 is 0 Å². The lowest BCUT2D eigenvalue weighted by Gasteiger charge is -2.36. The summed E-state index contributed by atoms with van der Waals surface area (Å²) in [5.41, 5.74) is 0.860. The molecule has 12 heteroatoms. The van der Waals surface area contributed by atoms with E-state index < -0.39 is 30.3 Å². The lowest BCUT2D eigenvalue weighted by molar-refractivity contribution is -0.148. The van der Waals surface area contributed by atoms with Gasteiger partial charge in [-0.25, -0.2) is 9.59 Å². The van der Waals surface area contributed by atoms with Crippen LogP contribution in [0.5, 0.6) is 34.5 Å². The Morgan fingerprint density at radius 2 is 1.26 bits per heavy atom. The van der Waals surface area contributed by atoms with Crippen molar-refractivity contribution in [1.82, 2.24) is 4.90 Å². The predicted molar refractivity (Wildman–Crippen MR) is 151 cm³/mol. The number of hydrogen-bond acceptors (Lipinski definition) is 12. The van der Waals surface area contributed by atoms with Crippen molar-refractivity contribution < 1.29 is 52.6 Å². The Bertz CT molecular complexity index is 1280. The molecule has 42 heavy (non-hydrogen) atoms. The smallest absolute Gasteiger partial charge is 0.338 e. The first-order valence-corrected chi connectivity index (χ1v) is 13.3. The molecule has 228 valence electrons. The van der Waals surface area contributed by atoms with Crippen LogP contribution in [0, 0.1) is 0 Å². The van der Waals surface area contributed by atoms with Crippen molar-refractivity contribution in [3.63, 3.8) is 0 Å². The van der Waals surface area contributed by atoms with Gasteiger partial charge in [-0.05, 0) is 43.0 Å². The molecule has 2 saturated heterocycles. The molecule has 2 aliphatic rings. The molecule has 2 aromatic rings. The van der Waals surface area contributed by atoms with Gasteiger partial charge in [0.1, 0.15) is 18.3 Å². The van der Waals surface area contributed by atoms with Gasteiger partial charge >= 0.3 is 11.9 Å². The van der Waals surface area contributed by atoms with Crippen molar-refractivity contribution in [3.05, 3.63) is 41.5 Å². The molecule has 0 radical (unpaired) electrons. The van der Waals surface area contributed by atoms with Gasteiger partial charge in [0.2, 0.25) is 11.5 Å². The fraction of sp³-hybridized carbons (Fsp3) is 0.467. The van der Waals surface area contributed by atoms with E-state index in [4.69, 9.17) is 37.9 Å². The number of hydrogen-bond donors (Lipinski definition) is 1. The van der Waals surface area contributed by atoms with E-state index in [0.717, 1.165) is 0 Å². The molecular weight excluding hydrogens is 550 g/mol. The topological polar surface area (TPSA) is 131 Å². The van der Waals surface area contributed by atoms with Crippen molar-refractivity contribution in [2.45, 2.75) is 43.2 Å². The summed E-state index contributed by atoms with van der Waals surface area (Å²) in [6, 6.07) is 5.72. The second-order valence-electron chi connectivity index (χ2n) is 9.90. The van der Waals surface area contributed by atoms with E-state index in [1.54, 1.807) is 18.2 Å². The van der Waals surface area contributed by atoms with E-state index in [-0.39, 0.29) is 17.6 Å². The van der Waals surface area contributed by atoms with Crippen LogP contribution in [0.3, 0.4) is 0 Å². The average molecular weight is 588 g/mol. The quantitative estimate of drug-likeness (QED) is 0.306. The van der Waals surface area contributed by atoms with Gasteiger partial charge in [0.05, 0.1) is 54.3 Å². The Hall–Kier alpha value is -4.16. The fourth-order valence-electron chi connectivity index (χ4n) is 5.60. The molecule has 2 bridgehead atoms. The van der Waals surface area contributed by atoms with Crippen LogP contribution in [0.25, 0.3) is 6.08 Å². The Labute approximate surface area is 244 Å². The first-order chi connectivity index (χ1) is 20.2. The molecule has 0 saturated carbocycles. The van der Waals surface area contributed by atoms with E-state index in [2.05, 4.69) is 0 Å². The maximum Gasteiger partial charge on any atom is 0.338 e. The number of benzene rings is 2. The van der Waals surface area contributed by atoms with Gasteiger partial charge in [-0.2, -0.15) is 0 Å². The number of likely N-dealkylation sites (N-methyl/N-ethyl adjacent to an activating group) is 1. The summed E-state index contributed by atoms with van der Waals surface area (Å²) in [4.78, 5) is 27.9. The Morgan fingerprint density at radius 1 is 0.762 bits per heavy atom. The number of ether oxygens (including phenoxy) is 8. The Morgan fingerprint density at radius 3 is 1.76 bits per heavy atom. The first-order valence-electron chi connectivity index (χ1n) is 13.3. The molecule has 0 aromatic heterocycles. The van der Waals surface area contributed by atoms with Crippen molar-refractivity contribution >= 4 is 18.0 Å². The number of methoxy groups -OCH3 is 6. The van der Waals surface area contributed by atoms with E-state index in [0.29, 0.717) is 52.9 Å². The average Bonchev–Trinajstić information content (AvgIpc) is 3.12. The third-order valence-electron chi connectivity index (χ3n) is 7.69. The van der Waals surface area contributed by atoms with E-state index in [1.165, 1.54) is 60.9 Å². The van der Waals surface area contributed by atoms with Crippen LogP contribution in [0.2, 0.25) is 0 Å². The van der Waals surface area contributed by atoms with Gasteiger partial charge in [0.25, 0.3) is 0 Å². The van der Waals surface area contributed by atoms with Crippen LogP contribution in [-0.4, -0.2) is 102 Å². The number of aliphatic hydroxyl groups excluding tert-OH is 1. The van der Waals surface area contributed by atoms with Crippen molar-refractivity contribution in [3.8, 4) is 34.5 Å². The number of aliphatic hydroxyl groups is 1. The monoisotopic (exact) mass is 587 g/mol. The summed E-state index contributed by atoms with van der Waals surface area (Å²) in [5.74, 6) is 1.14. The van der Waals surface area contributed by atoms with Gasteiger partial charge < -0.3 is 43.0 Å². The number of nitrogens with zero attached hydrogens (tertiary/aromatic N) is 1. The molecule has 0 amide bonds. The molecule has 2 aliphatic heterocycles. The lowest BCUT2D eigenvalue weighted by atomic mass is 10.00. The molecule has 12 nitrogen and oxygen atoms in total. The lowest BCUT2D eigenvalue weighted by Crippen LogP contribution is -2.46. The number of esters is 2. The molecule has 2 heterocycles. The largest absolute Gasteiger partial charge is 0.493 e. The minimum absolute atomic E-state index is 0.233. The molecule has 4 rings (SSSR count). The Balaban J connectivity index is 1.44. The molecule has 2 fully saturated rings. The van der Waals surface area contributed by atoms with E-state index in [1.807, 2.05) is 11.9 Å². The highest BCUT2D eigenvalue weighted by Gasteiger charge is 2.53. The van der Waals surface area contributed by atoms with E-state index in [9.17, 15) is 14.7 Å². The van der Waals surface area contributed by atoms with Crippen LogP contribution in [0.1, 0.15) is 28.8 Å². The first kappa shape index (κ1) is 30.8. The summed E-state index contributed by atoms with van der Waals surface area (Å²) < 4.78 is 43.6. The zero-order valence-corrected chi connectivity index (χ0v) is 24.7. The number of carbonyl (C=O) groups excluding carboxylic acids is 2. The summed E-state index contributed by atoms with van der Waals surface area (Å²) in [5, 5.41) is 11.0. The standard InChI is InChI=1S/C30H37NO11/c1-31-19-14-18(41-30(34)17-12-23(37-4)29(40-7)24(13-17)38-5)15-20(31)27(26(19)33)42-25(32)9-8-16-10-21(35-2)28(39-6)22(11-16)36-3/h8-13,18-20,26-27,33H,14-15H2,1-7H3/b9-8+/t18-,19?,20?,26-,27+/m0/s1. The van der Waals surface area contributed by atoms with Crippen LogP contribution in [0.15, 0.2) is 30.3 Å². The zero-order valence-electron chi connectivity index (χ0n) is 24.7. The van der Waals surface area contributed by atoms with Crippen LogP contribution < -0.4 is 28.4 Å². The zero-order chi connectivity index (χ0) is 30.6.